The topological polar surface area (TPSA) is 65.5 Å². The monoisotopic (exact) mass is 350 g/mol. The number of aliphatic imine (C=N–C) groups is 1. The third kappa shape index (κ3) is 7.21. The van der Waals surface area contributed by atoms with Crippen molar-refractivity contribution in [3.8, 4) is 0 Å². The van der Waals surface area contributed by atoms with Crippen molar-refractivity contribution in [1.29, 1.82) is 0 Å². The standard InChI is InChI=1S/C18H27ClN4O/c1-2-20-18(21-12-5-8-17(24)23-15-9-10-15)22-13-11-14-6-3-4-7-16(14)19/h3-4,6-7,15H,2,5,8-13H2,1H3,(H,23,24)(H2,20,21,22). The van der Waals surface area contributed by atoms with Gasteiger partial charge in [0.25, 0.3) is 0 Å². The second kappa shape index (κ2) is 10.2. The highest BCUT2D eigenvalue weighted by molar-refractivity contribution is 6.31. The fourth-order valence-electron chi connectivity index (χ4n) is 2.32. The zero-order valence-electron chi connectivity index (χ0n) is 14.3. The largest absolute Gasteiger partial charge is 0.357 e. The van der Waals surface area contributed by atoms with Gasteiger partial charge in [0.05, 0.1) is 0 Å². The number of guanidine groups is 1. The third-order valence-corrected chi connectivity index (χ3v) is 4.13. The summed E-state index contributed by atoms with van der Waals surface area (Å²) < 4.78 is 0. The second-order valence-electron chi connectivity index (χ2n) is 5.97. The number of carbonyl (C=O) groups is 1. The Hall–Kier alpha value is -1.75. The zero-order valence-corrected chi connectivity index (χ0v) is 15.0. The molecule has 1 aliphatic carbocycles. The highest BCUT2D eigenvalue weighted by atomic mass is 35.5. The van der Waals surface area contributed by atoms with E-state index in [9.17, 15) is 4.79 Å². The van der Waals surface area contributed by atoms with Crippen LogP contribution in [0.25, 0.3) is 0 Å². The summed E-state index contributed by atoms with van der Waals surface area (Å²) in [6.07, 6.45) is 4.40. The van der Waals surface area contributed by atoms with Crippen molar-refractivity contribution in [3.63, 3.8) is 0 Å². The predicted molar refractivity (Wildman–Crippen MR) is 99.5 cm³/mol. The Balaban J connectivity index is 1.67. The van der Waals surface area contributed by atoms with Gasteiger partial charge in [0.2, 0.25) is 5.91 Å². The van der Waals surface area contributed by atoms with Crippen LogP contribution in [0.4, 0.5) is 0 Å². The normalized spacial score (nSPS) is 14.3. The lowest BCUT2D eigenvalue weighted by Gasteiger charge is -2.11. The van der Waals surface area contributed by atoms with Crippen molar-refractivity contribution in [3.05, 3.63) is 34.9 Å². The van der Waals surface area contributed by atoms with Crippen molar-refractivity contribution >= 4 is 23.5 Å². The molecule has 5 nitrogen and oxygen atoms in total. The van der Waals surface area contributed by atoms with E-state index in [-0.39, 0.29) is 5.91 Å². The molecule has 0 radical (unpaired) electrons. The summed E-state index contributed by atoms with van der Waals surface area (Å²) in [4.78, 5) is 16.1. The van der Waals surface area contributed by atoms with Crippen molar-refractivity contribution in [2.45, 2.75) is 45.1 Å². The number of hydrogen-bond donors (Lipinski definition) is 3. The summed E-state index contributed by atoms with van der Waals surface area (Å²) in [5.74, 6) is 0.927. The van der Waals surface area contributed by atoms with E-state index in [2.05, 4.69) is 20.9 Å². The smallest absolute Gasteiger partial charge is 0.220 e. The van der Waals surface area contributed by atoms with Gasteiger partial charge in [-0.1, -0.05) is 29.8 Å². The summed E-state index contributed by atoms with van der Waals surface area (Å²) >= 11 is 6.16. The van der Waals surface area contributed by atoms with Gasteiger partial charge in [-0.15, -0.1) is 0 Å². The molecule has 0 atom stereocenters. The lowest BCUT2D eigenvalue weighted by Crippen LogP contribution is -2.38. The molecule has 2 rings (SSSR count). The van der Waals surface area contributed by atoms with Crippen LogP contribution in [0, 0.1) is 0 Å². The Bertz CT molecular complexity index is 558. The molecule has 0 bridgehead atoms. The van der Waals surface area contributed by atoms with Gasteiger partial charge in [-0.25, -0.2) is 0 Å². The maximum atomic E-state index is 11.6. The highest BCUT2D eigenvalue weighted by Crippen LogP contribution is 2.18. The maximum Gasteiger partial charge on any atom is 0.220 e. The predicted octanol–water partition coefficient (Wildman–Crippen LogP) is 2.50. The van der Waals surface area contributed by atoms with E-state index in [1.807, 2.05) is 31.2 Å². The Morgan fingerprint density at radius 1 is 1.29 bits per heavy atom. The molecule has 0 aromatic heterocycles. The zero-order chi connectivity index (χ0) is 17.2. The number of hydrogen-bond acceptors (Lipinski definition) is 2. The summed E-state index contributed by atoms with van der Waals surface area (Å²) in [7, 11) is 0. The molecule has 0 unspecified atom stereocenters. The molecule has 24 heavy (non-hydrogen) atoms. The van der Waals surface area contributed by atoms with Crippen molar-refractivity contribution in [2.75, 3.05) is 19.6 Å². The van der Waals surface area contributed by atoms with Crippen LogP contribution in [0.15, 0.2) is 29.3 Å². The molecule has 0 spiro atoms. The average molecular weight is 351 g/mol. The number of benzene rings is 1. The Labute approximate surface area is 149 Å². The summed E-state index contributed by atoms with van der Waals surface area (Å²) in [6.45, 7) is 4.24. The van der Waals surface area contributed by atoms with Gasteiger partial charge in [-0.3, -0.25) is 9.79 Å². The molecular weight excluding hydrogens is 324 g/mol. The summed E-state index contributed by atoms with van der Waals surface area (Å²) in [5.41, 5.74) is 1.12. The average Bonchev–Trinajstić information content (AvgIpc) is 3.37. The van der Waals surface area contributed by atoms with Gasteiger partial charge in [0, 0.05) is 37.1 Å². The molecule has 132 valence electrons. The molecule has 1 aromatic rings. The number of rotatable bonds is 9. The molecule has 6 heteroatoms. The van der Waals surface area contributed by atoms with E-state index in [1.165, 1.54) is 0 Å². The van der Waals surface area contributed by atoms with E-state index in [1.54, 1.807) is 0 Å². The second-order valence-corrected chi connectivity index (χ2v) is 6.38. The fourth-order valence-corrected chi connectivity index (χ4v) is 2.55. The Morgan fingerprint density at radius 2 is 2.08 bits per heavy atom. The quantitative estimate of drug-likeness (QED) is 0.364. The van der Waals surface area contributed by atoms with Crippen LogP contribution >= 0.6 is 11.6 Å². The van der Waals surface area contributed by atoms with Crippen molar-refractivity contribution < 1.29 is 4.79 Å². The minimum Gasteiger partial charge on any atom is -0.357 e. The van der Waals surface area contributed by atoms with Crippen LogP contribution in [0.3, 0.4) is 0 Å². The summed E-state index contributed by atoms with van der Waals surface area (Å²) in [5, 5.41) is 10.3. The van der Waals surface area contributed by atoms with E-state index in [4.69, 9.17) is 11.6 Å². The van der Waals surface area contributed by atoms with Gasteiger partial charge in [0.1, 0.15) is 0 Å². The third-order valence-electron chi connectivity index (χ3n) is 3.76. The number of nitrogens with one attached hydrogen (secondary N) is 3. The van der Waals surface area contributed by atoms with E-state index < -0.39 is 0 Å². The number of amides is 1. The van der Waals surface area contributed by atoms with Crippen LogP contribution < -0.4 is 16.0 Å². The Kier molecular flexibility index (Phi) is 7.89. The molecule has 0 saturated heterocycles. The van der Waals surface area contributed by atoms with Gasteiger partial charge < -0.3 is 16.0 Å². The first-order valence-electron chi connectivity index (χ1n) is 8.74. The number of halogens is 1. The molecule has 1 saturated carbocycles. The molecule has 0 aliphatic heterocycles. The van der Waals surface area contributed by atoms with E-state index in [0.29, 0.717) is 19.0 Å². The first-order valence-corrected chi connectivity index (χ1v) is 9.11. The van der Waals surface area contributed by atoms with Gasteiger partial charge >= 0.3 is 0 Å². The first kappa shape index (κ1) is 18.6. The molecule has 1 aliphatic rings. The highest BCUT2D eigenvalue weighted by Gasteiger charge is 2.22. The fraction of sp³-hybridized carbons (Fsp3) is 0.556. The van der Waals surface area contributed by atoms with Crippen LogP contribution in [0.5, 0.6) is 0 Å². The van der Waals surface area contributed by atoms with Crippen molar-refractivity contribution in [1.82, 2.24) is 16.0 Å². The Morgan fingerprint density at radius 3 is 2.79 bits per heavy atom. The summed E-state index contributed by atoms with van der Waals surface area (Å²) in [6, 6.07) is 8.30. The SMILES string of the molecule is CCNC(=NCCCC(=O)NC1CC1)NCCc1ccccc1Cl. The van der Waals surface area contributed by atoms with Crippen molar-refractivity contribution in [2.24, 2.45) is 4.99 Å². The maximum absolute atomic E-state index is 11.6. The lowest BCUT2D eigenvalue weighted by molar-refractivity contribution is -0.121. The van der Waals surface area contributed by atoms with Gasteiger partial charge in [-0.2, -0.15) is 0 Å². The molecule has 3 N–H and O–H groups in total. The van der Waals surface area contributed by atoms with Crippen LogP contribution in [0.2, 0.25) is 5.02 Å². The minimum atomic E-state index is 0.143. The van der Waals surface area contributed by atoms with Gasteiger partial charge in [0.15, 0.2) is 5.96 Å². The minimum absolute atomic E-state index is 0.143. The molecule has 1 aromatic carbocycles. The first-order chi connectivity index (χ1) is 11.7. The van der Waals surface area contributed by atoms with Crippen LogP contribution in [-0.4, -0.2) is 37.5 Å². The number of nitrogens with zero attached hydrogens (tertiary/aromatic N) is 1. The van der Waals surface area contributed by atoms with Crippen LogP contribution in [-0.2, 0) is 11.2 Å². The molecular formula is C18H27ClN4O. The van der Waals surface area contributed by atoms with E-state index in [0.717, 1.165) is 55.3 Å². The lowest BCUT2D eigenvalue weighted by atomic mass is 10.1. The van der Waals surface area contributed by atoms with Crippen LogP contribution in [0.1, 0.15) is 38.2 Å². The number of carbonyl (C=O) groups excluding carboxylic acids is 1. The molecule has 0 heterocycles. The molecule has 1 fully saturated rings. The van der Waals surface area contributed by atoms with Gasteiger partial charge in [-0.05, 0) is 44.2 Å². The van der Waals surface area contributed by atoms with E-state index >= 15 is 0 Å². The molecule has 1 amide bonds.